The first-order valence-corrected chi connectivity index (χ1v) is 23.1. The molecule has 0 N–H and O–H groups in total. The molecule has 65 heavy (non-hydrogen) atoms. The third-order valence-corrected chi connectivity index (χ3v) is 14.5. The molecule has 0 radical (unpaired) electrons. The summed E-state index contributed by atoms with van der Waals surface area (Å²) in [5.41, 5.74) is 15.4. The third kappa shape index (κ3) is 7.30. The van der Waals surface area contributed by atoms with E-state index in [1.54, 1.807) is 0 Å². The van der Waals surface area contributed by atoms with Gasteiger partial charge in [0, 0.05) is 44.6 Å². The number of nitrogens with zero attached hydrogens (tertiary/aromatic N) is 4. The SMILES string of the molecule is CC(C)(C)c1ccnc(-n2c3ccccc3c3ccc(C(C)(C)c4cccc(N5CN(c6cc(C(C)(C)c7ccccc7)cc(C(C)(C)c7ccccc7)c6)c6ccccc65)c4)cc32)c1. The van der Waals surface area contributed by atoms with Gasteiger partial charge in [-0.05, 0) is 105 Å². The van der Waals surface area contributed by atoms with Crippen LogP contribution in [0, 0.1) is 0 Å². The molecule has 0 fully saturated rings. The highest BCUT2D eigenvalue weighted by Gasteiger charge is 2.34. The normalized spacial score (nSPS) is 13.5. The number of benzene rings is 7. The second-order valence-electron chi connectivity index (χ2n) is 20.6. The Morgan fingerprint density at radius 3 is 1.51 bits per heavy atom. The highest BCUT2D eigenvalue weighted by Crippen LogP contribution is 2.48. The lowest BCUT2D eigenvalue weighted by molar-refractivity contribution is 0.588. The number of para-hydroxylation sites is 3. The summed E-state index contributed by atoms with van der Waals surface area (Å²) in [6.07, 6.45) is 1.96. The molecule has 2 aromatic heterocycles. The Balaban J connectivity index is 1.05. The van der Waals surface area contributed by atoms with Gasteiger partial charge in [0.15, 0.2) is 0 Å². The molecule has 0 saturated heterocycles. The van der Waals surface area contributed by atoms with Gasteiger partial charge >= 0.3 is 0 Å². The number of anilines is 4. The highest BCUT2D eigenvalue weighted by atomic mass is 15.4. The van der Waals surface area contributed by atoms with Crippen molar-refractivity contribution in [2.75, 3.05) is 16.5 Å². The van der Waals surface area contributed by atoms with Gasteiger partial charge in [0.2, 0.25) is 0 Å². The van der Waals surface area contributed by atoms with E-state index in [1.807, 2.05) is 6.20 Å². The van der Waals surface area contributed by atoms with Crippen LogP contribution in [0.15, 0.2) is 188 Å². The van der Waals surface area contributed by atoms with E-state index in [0.717, 1.165) is 5.82 Å². The molecular formula is C61H60N4. The van der Waals surface area contributed by atoms with E-state index in [-0.39, 0.29) is 21.7 Å². The van der Waals surface area contributed by atoms with E-state index in [2.05, 4.69) is 259 Å². The molecule has 4 heteroatoms. The van der Waals surface area contributed by atoms with Crippen LogP contribution < -0.4 is 9.80 Å². The van der Waals surface area contributed by atoms with E-state index >= 15 is 0 Å². The van der Waals surface area contributed by atoms with E-state index < -0.39 is 0 Å². The smallest absolute Gasteiger partial charge is 0.137 e. The molecule has 324 valence electrons. The molecule has 0 amide bonds. The molecule has 0 atom stereocenters. The summed E-state index contributed by atoms with van der Waals surface area (Å²) in [5.74, 6) is 0.947. The van der Waals surface area contributed by atoms with Gasteiger partial charge in [0.25, 0.3) is 0 Å². The maximum absolute atomic E-state index is 4.96. The fourth-order valence-electron chi connectivity index (χ4n) is 10.0. The minimum atomic E-state index is -0.305. The summed E-state index contributed by atoms with van der Waals surface area (Å²) in [6, 6.07) is 67.5. The quantitative estimate of drug-likeness (QED) is 0.145. The van der Waals surface area contributed by atoms with Crippen molar-refractivity contribution in [1.29, 1.82) is 0 Å². The second kappa shape index (κ2) is 15.7. The van der Waals surface area contributed by atoms with Crippen LogP contribution in [0.1, 0.15) is 101 Å². The summed E-state index contributed by atoms with van der Waals surface area (Å²) in [4.78, 5) is 9.96. The predicted octanol–water partition coefficient (Wildman–Crippen LogP) is 15.7. The van der Waals surface area contributed by atoms with Crippen LogP contribution in [0.2, 0.25) is 0 Å². The molecular weight excluding hydrogens is 789 g/mol. The number of hydrogen-bond acceptors (Lipinski definition) is 3. The largest absolute Gasteiger partial charge is 0.321 e. The number of hydrogen-bond donors (Lipinski definition) is 0. The molecule has 1 aliphatic rings. The first kappa shape index (κ1) is 42.1. The van der Waals surface area contributed by atoms with Crippen LogP contribution in [0.25, 0.3) is 27.6 Å². The van der Waals surface area contributed by atoms with Crippen LogP contribution in [0.4, 0.5) is 22.7 Å². The van der Waals surface area contributed by atoms with Crippen molar-refractivity contribution in [1.82, 2.24) is 9.55 Å². The van der Waals surface area contributed by atoms with Crippen molar-refractivity contribution < 1.29 is 0 Å². The average Bonchev–Trinajstić information content (AvgIpc) is 3.88. The fraction of sp³-hybridized carbons (Fsp3) is 0.230. The van der Waals surface area contributed by atoms with Crippen molar-refractivity contribution in [2.45, 2.75) is 84.0 Å². The van der Waals surface area contributed by atoms with Crippen LogP contribution in [0.5, 0.6) is 0 Å². The summed E-state index contributed by atoms with van der Waals surface area (Å²) >= 11 is 0. The molecule has 7 aromatic carbocycles. The molecule has 3 heterocycles. The topological polar surface area (TPSA) is 24.3 Å². The van der Waals surface area contributed by atoms with Crippen molar-refractivity contribution in [3.63, 3.8) is 0 Å². The predicted molar refractivity (Wildman–Crippen MR) is 275 cm³/mol. The zero-order valence-corrected chi connectivity index (χ0v) is 39.4. The van der Waals surface area contributed by atoms with Crippen LogP contribution in [-0.4, -0.2) is 16.2 Å². The van der Waals surface area contributed by atoms with Gasteiger partial charge in [-0.1, -0.05) is 184 Å². The number of rotatable bonds is 9. The summed E-state index contributed by atoms with van der Waals surface area (Å²) in [7, 11) is 0. The lowest BCUT2D eigenvalue weighted by atomic mass is 9.73. The Kier molecular flexibility index (Phi) is 10.1. The minimum Gasteiger partial charge on any atom is -0.321 e. The van der Waals surface area contributed by atoms with Gasteiger partial charge < -0.3 is 9.80 Å². The Labute approximate surface area is 385 Å². The van der Waals surface area contributed by atoms with Crippen molar-refractivity contribution in [3.8, 4) is 5.82 Å². The number of aromatic nitrogens is 2. The molecule has 4 nitrogen and oxygen atoms in total. The van der Waals surface area contributed by atoms with Gasteiger partial charge in [-0.25, -0.2) is 4.98 Å². The van der Waals surface area contributed by atoms with Gasteiger partial charge in [0.05, 0.1) is 22.4 Å². The number of fused-ring (bicyclic) bond motifs is 4. The Bertz CT molecular complexity index is 3130. The van der Waals surface area contributed by atoms with Gasteiger partial charge in [-0.2, -0.15) is 0 Å². The molecule has 0 aliphatic carbocycles. The first-order valence-electron chi connectivity index (χ1n) is 23.1. The van der Waals surface area contributed by atoms with Gasteiger partial charge in [-0.15, -0.1) is 0 Å². The lowest BCUT2D eigenvalue weighted by Crippen LogP contribution is -2.27. The van der Waals surface area contributed by atoms with Crippen LogP contribution in [0.3, 0.4) is 0 Å². The van der Waals surface area contributed by atoms with E-state index in [9.17, 15) is 0 Å². The van der Waals surface area contributed by atoms with Gasteiger partial charge in [-0.3, -0.25) is 4.57 Å². The molecule has 0 spiro atoms. The standard InChI is InChI=1S/C61H60N4/c1-58(2,3)44-33-34-62-57(40-44)65-53-28-17-16-27-51(53)52-32-31-46(39-56(52)65)61(8,9)45-25-20-26-49(36-45)63-41-64(55-30-19-18-29-54(55)63)50-37-47(59(4,5)42-21-12-10-13-22-42)35-48(38-50)60(6,7)43-23-14-11-15-24-43/h10-40H,41H2,1-9H3. The van der Waals surface area contributed by atoms with Crippen LogP contribution >= 0.6 is 0 Å². The molecule has 0 unspecified atom stereocenters. The molecule has 9 aromatic rings. The van der Waals surface area contributed by atoms with E-state index in [1.165, 1.54) is 83.5 Å². The maximum atomic E-state index is 4.96. The zero-order valence-electron chi connectivity index (χ0n) is 39.4. The monoisotopic (exact) mass is 848 g/mol. The van der Waals surface area contributed by atoms with E-state index in [0.29, 0.717) is 6.67 Å². The lowest BCUT2D eigenvalue weighted by Gasteiger charge is -2.33. The summed E-state index contributed by atoms with van der Waals surface area (Å²) in [6.45, 7) is 21.6. The van der Waals surface area contributed by atoms with E-state index in [4.69, 9.17) is 4.98 Å². The first-order chi connectivity index (χ1) is 31.1. The van der Waals surface area contributed by atoms with Crippen molar-refractivity contribution >= 4 is 44.6 Å². The molecule has 0 saturated carbocycles. The molecule has 0 bridgehead atoms. The molecule has 10 rings (SSSR count). The second-order valence-corrected chi connectivity index (χ2v) is 20.6. The Hall–Kier alpha value is -6.91. The Morgan fingerprint density at radius 1 is 0.369 bits per heavy atom. The number of pyridine rings is 1. The average molecular weight is 849 g/mol. The minimum absolute atomic E-state index is 0.00699. The third-order valence-electron chi connectivity index (χ3n) is 14.5. The Morgan fingerprint density at radius 2 is 0.877 bits per heavy atom. The zero-order chi connectivity index (χ0) is 45.3. The summed E-state index contributed by atoms with van der Waals surface area (Å²) in [5, 5.41) is 2.47. The van der Waals surface area contributed by atoms with Gasteiger partial charge in [0.1, 0.15) is 12.5 Å². The van der Waals surface area contributed by atoms with Crippen molar-refractivity contribution in [3.05, 3.63) is 227 Å². The van der Waals surface area contributed by atoms with Crippen LogP contribution in [-0.2, 0) is 21.7 Å². The van der Waals surface area contributed by atoms with Crippen molar-refractivity contribution in [2.24, 2.45) is 0 Å². The fourth-order valence-corrected chi connectivity index (χ4v) is 10.0. The summed E-state index contributed by atoms with van der Waals surface area (Å²) < 4.78 is 2.36. The highest BCUT2D eigenvalue weighted by molar-refractivity contribution is 6.09. The molecule has 1 aliphatic heterocycles. The maximum Gasteiger partial charge on any atom is 0.137 e.